The molecule has 0 saturated heterocycles. The highest BCUT2D eigenvalue weighted by Crippen LogP contribution is 2.34. The number of carbonyl (C=O) groups is 2. The van der Waals surface area contributed by atoms with Gasteiger partial charge in [0.05, 0.1) is 0 Å². The minimum absolute atomic E-state index is 0.271. The van der Waals surface area contributed by atoms with Gasteiger partial charge in [0.2, 0.25) is 5.91 Å². The Morgan fingerprint density at radius 3 is 2.12 bits per heavy atom. The van der Waals surface area contributed by atoms with E-state index in [-0.39, 0.29) is 11.9 Å². The summed E-state index contributed by atoms with van der Waals surface area (Å²) in [5, 5.41) is 2.95. The molecule has 1 N–H and O–H groups in total. The normalized spacial score (nSPS) is 16.1. The first-order valence-corrected chi connectivity index (χ1v) is 12.8. The van der Waals surface area contributed by atoms with E-state index in [0.717, 1.165) is 49.3 Å². The SMILES string of the molecule is CC(=O)Oc1c(C)cccc1C.CCCCNC(=O)C1CCC1.Cc1cccc2c1CC[C@H]2C. The molecule has 0 bridgehead atoms. The summed E-state index contributed by atoms with van der Waals surface area (Å²) in [6.45, 7) is 12.8. The maximum atomic E-state index is 11.2. The fraction of sp³-hybridized carbons (Fsp3) is 0.533. The summed E-state index contributed by atoms with van der Waals surface area (Å²) in [6, 6.07) is 12.5. The van der Waals surface area contributed by atoms with Crippen LogP contribution in [0.25, 0.3) is 0 Å². The van der Waals surface area contributed by atoms with Crippen LogP contribution in [0.3, 0.4) is 0 Å². The number of ether oxygens (including phenoxy) is 1. The van der Waals surface area contributed by atoms with Gasteiger partial charge in [-0.3, -0.25) is 9.59 Å². The number of amides is 1. The lowest BCUT2D eigenvalue weighted by Crippen LogP contribution is -2.34. The van der Waals surface area contributed by atoms with Crippen molar-refractivity contribution in [3.8, 4) is 5.75 Å². The number of hydrogen-bond donors (Lipinski definition) is 1. The lowest BCUT2D eigenvalue weighted by atomic mass is 9.85. The number of rotatable bonds is 5. The number of hydrogen-bond acceptors (Lipinski definition) is 3. The van der Waals surface area contributed by atoms with Crippen molar-refractivity contribution in [3.63, 3.8) is 0 Å². The van der Waals surface area contributed by atoms with Crippen molar-refractivity contribution in [3.05, 3.63) is 64.2 Å². The van der Waals surface area contributed by atoms with Gasteiger partial charge in [-0.2, -0.15) is 0 Å². The number of nitrogens with one attached hydrogen (secondary N) is 1. The zero-order valence-corrected chi connectivity index (χ0v) is 22.0. The molecule has 2 aromatic carbocycles. The van der Waals surface area contributed by atoms with Crippen molar-refractivity contribution >= 4 is 11.9 Å². The molecular formula is C30H43NO3. The second-order valence-electron chi connectivity index (χ2n) is 9.67. The van der Waals surface area contributed by atoms with Gasteiger partial charge in [0.15, 0.2) is 0 Å². The third-order valence-electron chi connectivity index (χ3n) is 6.76. The van der Waals surface area contributed by atoms with Crippen LogP contribution in [0, 0.1) is 26.7 Å². The molecule has 186 valence electrons. The molecule has 0 aliphatic heterocycles. The molecule has 1 fully saturated rings. The summed E-state index contributed by atoms with van der Waals surface area (Å²) >= 11 is 0. The number of aryl methyl sites for hydroxylation is 3. The number of benzene rings is 2. The van der Waals surface area contributed by atoms with Crippen LogP contribution in [0.5, 0.6) is 5.75 Å². The molecule has 1 atom stereocenters. The molecule has 0 spiro atoms. The van der Waals surface area contributed by atoms with Crippen molar-refractivity contribution < 1.29 is 14.3 Å². The molecule has 2 aromatic rings. The molecule has 0 unspecified atom stereocenters. The van der Waals surface area contributed by atoms with Crippen LogP contribution in [0.2, 0.25) is 0 Å². The zero-order chi connectivity index (χ0) is 25.1. The monoisotopic (exact) mass is 465 g/mol. The van der Waals surface area contributed by atoms with E-state index in [1.807, 2.05) is 32.0 Å². The number of para-hydroxylation sites is 1. The maximum absolute atomic E-state index is 11.2. The molecule has 1 amide bonds. The van der Waals surface area contributed by atoms with Gasteiger partial charge in [-0.1, -0.05) is 63.1 Å². The third-order valence-corrected chi connectivity index (χ3v) is 6.76. The van der Waals surface area contributed by atoms with Crippen molar-refractivity contribution in [2.45, 2.75) is 92.4 Å². The van der Waals surface area contributed by atoms with Crippen LogP contribution >= 0.6 is 0 Å². The molecule has 0 radical (unpaired) electrons. The predicted molar refractivity (Wildman–Crippen MR) is 140 cm³/mol. The van der Waals surface area contributed by atoms with Gasteiger partial charge in [0, 0.05) is 19.4 Å². The van der Waals surface area contributed by atoms with Gasteiger partial charge in [-0.15, -0.1) is 0 Å². The summed E-state index contributed by atoms with van der Waals surface area (Å²) < 4.78 is 5.04. The van der Waals surface area contributed by atoms with E-state index in [0.29, 0.717) is 11.7 Å². The summed E-state index contributed by atoms with van der Waals surface area (Å²) in [7, 11) is 0. The van der Waals surface area contributed by atoms with Gasteiger partial charge in [0.25, 0.3) is 0 Å². The highest BCUT2D eigenvalue weighted by atomic mass is 16.5. The maximum Gasteiger partial charge on any atom is 0.308 e. The standard InChI is InChI=1S/C11H14.C10H12O2.C9H17NO/c1-8-4-3-5-10-9(2)6-7-11(8)10;1-7-5-4-6-8(2)10(7)12-9(3)11;1-2-3-7-10-9(11)8-5-4-6-8/h3-5,9H,6-7H2,1-2H3;4-6H,1-3H3;8H,2-7H2,1H3,(H,10,11)/t9-;;/m1../s1. The number of unbranched alkanes of at least 4 members (excludes halogenated alkanes) is 1. The minimum atomic E-state index is -0.271. The molecule has 1 saturated carbocycles. The summed E-state index contributed by atoms with van der Waals surface area (Å²) in [5.74, 6) is 1.85. The van der Waals surface area contributed by atoms with Crippen LogP contribution in [-0.2, 0) is 16.0 Å². The average Bonchev–Trinajstić information content (AvgIpc) is 3.13. The van der Waals surface area contributed by atoms with Crippen LogP contribution in [0.15, 0.2) is 36.4 Å². The molecule has 34 heavy (non-hydrogen) atoms. The third kappa shape index (κ3) is 8.30. The zero-order valence-electron chi connectivity index (χ0n) is 22.0. The van der Waals surface area contributed by atoms with Crippen LogP contribution in [-0.4, -0.2) is 18.4 Å². The molecule has 0 aromatic heterocycles. The van der Waals surface area contributed by atoms with E-state index in [1.54, 1.807) is 11.1 Å². The van der Waals surface area contributed by atoms with Crippen molar-refractivity contribution in [2.24, 2.45) is 5.92 Å². The smallest absolute Gasteiger partial charge is 0.308 e. The fourth-order valence-corrected chi connectivity index (χ4v) is 4.35. The quantitative estimate of drug-likeness (QED) is 0.294. The second-order valence-corrected chi connectivity index (χ2v) is 9.67. The van der Waals surface area contributed by atoms with Crippen molar-refractivity contribution in [1.29, 1.82) is 0 Å². The topological polar surface area (TPSA) is 55.4 Å². The Bertz CT molecular complexity index is 926. The van der Waals surface area contributed by atoms with Crippen LogP contribution in [0.4, 0.5) is 0 Å². The summed E-state index contributed by atoms with van der Waals surface area (Å²) in [5.41, 5.74) is 6.66. The van der Waals surface area contributed by atoms with Crippen molar-refractivity contribution in [2.75, 3.05) is 6.54 Å². The van der Waals surface area contributed by atoms with E-state index in [2.05, 4.69) is 44.3 Å². The predicted octanol–water partition coefficient (Wildman–Crippen LogP) is 6.98. The molecule has 4 nitrogen and oxygen atoms in total. The Labute approximate surface area is 206 Å². The highest BCUT2D eigenvalue weighted by molar-refractivity contribution is 5.79. The average molecular weight is 466 g/mol. The second kappa shape index (κ2) is 13.9. The van der Waals surface area contributed by atoms with Gasteiger partial charge >= 0.3 is 5.97 Å². The summed E-state index contributed by atoms with van der Waals surface area (Å²) in [6.07, 6.45) is 8.37. The first kappa shape index (κ1) is 27.6. The molecule has 0 heterocycles. The van der Waals surface area contributed by atoms with E-state index >= 15 is 0 Å². The molecule has 2 aliphatic carbocycles. The molecular weight excluding hydrogens is 422 g/mol. The minimum Gasteiger partial charge on any atom is -0.426 e. The first-order valence-electron chi connectivity index (χ1n) is 12.8. The molecule has 4 rings (SSSR count). The number of carbonyl (C=O) groups excluding carboxylic acids is 2. The van der Waals surface area contributed by atoms with Crippen LogP contribution < -0.4 is 10.1 Å². The summed E-state index contributed by atoms with van der Waals surface area (Å²) in [4.78, 5) is 21.9. The van der Waals surface area contributed by atoms with Gasteiger partial charge < -0.3 is 10.1 Å². The van der Waals surface area contributed by atoms with E-state index < -0.39 is 0 Å². The molecule has 4 heteroatoms. The lowest BCUT2D eigenvalue weighted by molar-refractivity contribution is -0.132. The Balaban J connectivity index is 0.000000180. The van der Waals surface area contributed by atoms with E-state index in [9.17, 15) is 9.59 Å². The Morgan fingerprint density at radius 2 is 1.59 bits per heavy atom. The Hall–Kier alpha value is -2.62. The molecule has 2 aliphatic rings. The van der Waals surface area contributed by atoms with E-state index in [4.69, 9.17) is 4.74 Å². The van der Waals surface area contributed by atoms with Crippen molar-refractivity contribution in [1.82, 2.24) is 5.32 Å². The first-order chi connectivity index (χ1) is 16.2. The number of fused-ring (bicyclic) bond motifs is 1. The van der Waals surface area contributed by atoms with Crippen LogP contribution in [0.1, 0.15) is 93.0 Å². The largest absolute Gasteiger partial charge is 0.426 e. The fourth-order valence-electron chi connectivity index (χ4n) is 4.35. The van der Waals surface area contributed by atoms with Gasteiger partial charge in [0.1, 0.15) is 5.75 Å². The highest BCUT2D eigenvalue weighted by Gasteiger charge is 2.24. The Kier molecular flexibility index (Phi) is 11.3. The lowest BCUT2D eigenvalue weighted by Gasteiger charge is -2.23. The van der Waals surface area contributed by atoms with E-state index in [1.165, 1.54) is 31.7 Å². The Morgan fingerprint density at radius 1 is 0.971 bits per heavy atom. The number of esters is 1. The van der Waals surface area contributed by atoms with Gasteiger partial charge in [-0.05, 0) is 86.6 Å². The van der Waals surface area contributed by atoms with Gasteiger partial charge in [-0.25, -0.2) is 0 Å².